The summed E-state index contributed by atoms with van der Waals surface area (Å²) in [7, 11) is 0. The summed E-state index contributed by atoms with van der Waals surface area (Å²) in [6.07, 6.45) is -8.21. The van der Waals surface area contributed by atoms with Crippen molar-refractivity contribution in [2.75, 3.05) is 6.61 Å². The zero-order valence-corrected chi connectivity index (χ0v) is 18.9. The van der Waals surface area contributed by atoms with E-state index in [-0.39, 0.29) is 5.56 Å². The fourth-order valence-corrected chi connectivity index (χ4v) is 5.11. The topological polar surface area (TPSA) is 90.2 Å². The number of alkyl halides is 2. The van der Waals surface area contributed by atoms with Gasteiger partial charge in [0.05, 0.1) is 6.61 Å². The number of halogens is 3. The highest BCUT2D eigenvalue weighted by Gasteiger charge is 2.44. The number of hydrogen-bond acceptors (Lipinski definition) is 6. The Labute approximate surface area is 198 Å². The Morgan fingerprint density at radius 1 is 0.939 bits per heavy atom. The third kappa shape index (κ3) is 5.12. The lowest BCUT2D eigenvalue weighted by Gasteiger charge is -2.40. The summed E-state index contributed by atoms with van der Waals surface area (Å²) in [6, 6.07) is 15.2. The highest BCUT2D eigenvalue weighted by molar-refractivity contribution is 7.15. The van der Waals surface area contributed by atoms with Crippen LogP contribution in [0.4, 0.5) is 8.78 Å². The van der Waals surface area contributed by atoms with E-state index in [1.54, 1.807) is 30.3 Å². The van der Waals surface area contributed by atoms with E-state index < -0.39 is 43.6 Å². The van der Waals surface area contributed by atoms with E-state index >= 15 is 0 Å². The molecule has 33 heavy (non-hydrogen) atoms. The van der Waals surface area contributed by atoms with Crippen LogP contribution in [0.2, 0.25) is 5.02 Å². The predicted molar refractivity (Wildman–Crippen MR) is 122 cm³/mol. The highest BCUT2D eigenvalue weighted by atomic mass is 35.5. The minimum atomic E-state index is -2.50. The standard InChI is InChI=1S/C24H23ClF2O5S/c25-17-7-5-14(23-22(31)21(30)20(29)18(11-28)32-23)9-15(17)10-16-6-8-19(33-16)12-1-3-13(4-2-12)24(26)27/h1-9,18,20-24,28-31H,10-11H2/t18-,20-,21+,22-,23+/m1/s1. The molecule has 2 heterocycles. The maximum atomic E-state index is 12.8. The quantitative estimate of drug-likeness (QED) is 0.412. The highest BCUT2D eigenvalue weighted by Crippen LogP contribution is 2.36. The number of aliphatic hydroxyl groups excluding tert-OH is 4. The first-order valence-corrected chi connectivity index (χ1v) is 11.5. The second-order valence-electron chi connectivity index (χ2n) is 7.97. The summed E-state index contributed by atoms with van der Waals surface area (Å²) in [4.78, 5) is 1.93. The van der Waals surface area contributed by atoms with Gasteiger partial charge in [-0.2, -0.15) is 0 Å². The minimum absolute atomic E-state index is 0.0210. The molecule has 1 saturated heterocycles. The zero-order valence-electron chi connectivity index (χ0n) is 17.3. The Balaban J connectivity index is 1.54. The second-order valence-corrected chi connectivity index (χ2v) is 9.54. The summed E-state index contributed by atoms with van der Waals surface area (Å²) >= 11 is 7.92. The van der Waals surface area contributed by atoms with Gasteiger partial charge in [-0.05, 0) is 34.9 Å². The van der Waals surface area contributed by atoms with E-state index in [2.05, 4.69) is 0 Å². The van der Waals surface area contributed by atoms with Crippen LogP contribution in [0.5, 0.6) is 0 Å². The van der Waals surface area contributed by atoms with Gasteiger partial charge < -0.3 is 25.2 Å². The molecule has 5 atom stereocenters. The molecule has 0 spiro atoms. The maximum absolute atomic E-state index is 12.8. The maximum Gasteiger partial charge on any atom is 0.263 e. The Kier molecular flexibility index (Phi) is 7.45. The van der Waals surface area contributed by atoms with Crippen LogP contribution in [0.3, 0.4) is 0 Å². The number of rotatable bonds is 6. The van der Waals surface area contributed by atoms with Gasteiger partial charge in [-0.3, -0.25) is 0 Å². The van der Waals surface area contributed by atoms with Crippen molar-refractivity contribution in [2.24, 2.45) is 0 Å². The monoisotopic (exact) mass is 496 g/mol. The number of thiophene rings is 1. The van der Waals surface area contributed by atoms with Crippen molar-refractivity contribution in [1.29, 1.82) is 0 Å². The number of hydrogen-bond donors (Lipinski definition) is 4. The summed E-state index contributed by atoms with van der Waals surface area (Å²) in [6.45, 7) is -0.502. The van der Waals surface area contributed by atoms with Gasteiger partial charge in [0.2, 0.25) is 0 Å². The van der Waals surface area contributed by atoms with Crippen molar-refractivity contribution in [3.05, 3.63) is 81.2 Å². The van der Waals surface area contributed by atoms with Crippen molar-refractivity contribution in [2.45, 2.75) is 43.4 Å². The van der Waals surface area contributed by atoms with Gasteiger partial charge in [0.1, 0.15) is 30.5 Å². The Hall–Kier alpha value is -1.91. The average Bonchev–Trinajstić information content (AvgIpc) is 3.28. The Morgan fingerprint density at radius 3 is 2.33 bits per heavy atom. The zero-order chi connectivity index (χ0) is 23.7. The minimum Gasteiger partial charge on any atom is -0.394 e. The Bertz CT molecular complexity index is 1090. The molecular formula is C24H23ClF2O5S. The van der Waals surface area contributed by atoms with Crippen LogP contribution in [0, 0.1) is 0 Å². The molecule has 1 aromatic heterocycles. The molecule has 4 N–H and O–H groups in total. The molecule has 9 heteroatoms. The van der Waals surface area contributed by atoms with Gasteiger partial charge in [-0.15, -0.1) is 11.3 Å². The molecule has 0 aliphatic carbocycles. The molecule has 5 nitrogen and oxygen atoms in total. The number of ether oxygens (including phenoxy) is 1. The molecule has 1 aliphatic heterocycles. The number of benzene rings is 2. The van der Waals surface area contributed by atoms with Crippen molar-refractivity contribution in [3.8, 4) is 10.4 Å². The van der Waals surface area contributed by atoms with Gasteiger partial charge >= 0.3 is 0 Å². The molecule has 1 aliphatic rings. The normalized spacial score (nSPS) is 25.5. The van der Waals surface area contributed by atoms with Gasteiger partial charge in [0.25, 0.3) is 6.43 Å². The lowest BCUT2D eigenvalue weighted by Crippen LogP contribution is -2.55. The van der Waals surface area contributed by atoms with Crippen molar-refractivity contribution >= 4 is 22.9 Å². The summed E-state index contributed by atoms with van der Waals surface area (Å²) in [5.74, 6) is 0. The SMILES string of the molecule is OC[C@H]1O[C@@H](c2ccc(Cl)c(Cc3ccc(-c4ccc(C(F)F)cc4)s3)c2)[C@H](O)[C@@H](O)[C@@H]1O. The van der Waals surface area contributed by atoms with Crippen molar-refractivity contribution in [3.63, 3.8) is 0 Å². The molecule has 0 radical (unpaired) electrons. The first kappa shape index (κ1) is 24.2. The molecule has 0 amide bonds. The third-order valence-electron chi connectivity index (χ3n) is 5.76. The van der Waals surface area contributed by atoms with Crippen LogP contribution in [0.1, 0.15) is 34.1 Å². The second kappa shape index (κ2) is 10.1. The van der Waals surface area contributed by atoms with Gasteiger partial charge in [-0.1, -0.05) is 48.0 Å². The lowest BCUT2D eigenvalue weighted by atomic mass is 9.90. The van der Waals surface area contributed by atoms with Gasteiger partial charge in [0.15, 0.2) is 0 Å². The third-order valence-corrected chi connectivity index (χ3v) is 7.27. The van der Waals surface area contributed by atoms with E-state index in [0.29, 0.717) is 17.0 Å². The van der Waals surface area contributed by atoms with E-state index in [1.165, 1.54) is 23.5 Å². The van der Waals surface area contributed by atoms with E-state index in [9.17, 15) is 29.2 Å². The molecule has 176 valence electrons. The van der Waals surface area contributed by atoms with Crippen LogP contribution in [0.25, 0.3) is 10.4 Å². The summed E-state index contributed by atoms with van der Waals surface area (Å²) < 4.78 is 31.2. The smallest absolute Gasteiger partial charge is 0.263 e. The Morgan fingerprint density at radius 2 is 1.67 bits per heavy atom. The number of aliphatic hydroxyl groups is 4. The van der Waals surface area contributed by atoms with Crippen molar-refractivity contribution < 1.29 is 33.9 Å². The van der Waals surface area contributed by atoms with Crippen molar-refractivity contribution in [1.82, 2.24) is 0 Å². The summed E-state index contributed by atoms with van der Waals surface area (Å²) in [5, 5.41) is 40.4. The molecule has 0 unspecified atom stereocenters. The van der Waals surface area contributed by atoms with E-state index in [0.717, 1.165) is 20.9 Å². The van der Waals surface area contributed by atoms with Gasteiger partial charge in [-0.25, -0.2) is 8.78 Å². The summed E-state index contributed by atoms with van der Waals surface area (Å²) in [5.41, 5.74) is 2.15. The van der Waals surface area contributed by atoms with Gasteiger partial charge in [0, 0.05) is 26.8 Å². The fraction of sp³-hybridized carbons (Fsp3) is 0.333. The molecule has 3 aromatic rings. The molecule has 1 fully saturated rings. The van der Waals surface area contributed by atoms with E-state index in [4.69, 9.17) is 16.3 Å². The van der Waals surface area contributed by atoms with Crippen LogP contribution in [-0.2, 0) is 11.2 Å². The van der Waals surface area contributed by atoms with Crippen LogP contribution >= 0.6 is 22.9 Å². The first-order chi connectivity index (χ1) is 15.8. The van der Waals surface area contributed by atoms with Crippen LogP contribution < -0.4 is 0 Å². The molecule has 0 bridgehead atoms. The first-order valence-electron chi connectivity index (χ1n) is 10.3. The van der Waals surface area contributed by atoms with Crippen LogP contribution in [0.15, 0.2) is 54.6 Å². The molecule has 4 rings (SSSR count). The molecular weight excluding hydrogens is 474 g/mol. The lowest BCUT2D eigenvalue weighted by molar-refractivity contribution is -0.231. The largest absolute Gasteiger partial charge is 0.394 e. The molecule has 0 saturated carbocycles. The van der Waals surface area contributed by atoms with Crippen LogP contribution in [-0.4, -0.2) is 51.4 Å². The average molecular weight is 497 g/mol. The predicted octanol–water partition coefficient (Wildman–Crippen LogP) is 4.11. The molecule has 2 aromatic carbocycles. The van der Waals surface area contributed by atoms with E-state index in [1.807, 2.05) is 12.1 Å². The fourth-order valence-electron chi connectivity index (χ4n) is 3.89.